The molecule has 0 aliphatic carbocycles. The van der Waals surface area contributed by atoms with Gasteiger partial charge < -0.3 is 10.6 Å². The molecule has 0 spiro atoms. The highest BCUT2D eigenvalue weighted by atomic mass is 32.1. The van der Waals surface area contributed by atoms with E-state index in [1.165, 1.54) is 11.3 Å². The van der Waals surface area contributed by atoms with Gasteiger partial charge in [-0.2, -0.15) is 0 Å². The predicted octanol–water partition coefficient (Wildman–Crippen LogP) is 0.0268. The molecule has 0 saturated carbocycles. The first-order chi connectivity index (χ1) is 13.8. The summed E-state index contributed by atoms with van der Waals surface area (Å²) >= 11 is 1.47. The van der Waals surface area contributed by atoms with Crippen molar-refractivity contribution in [1.29, 1.82) is 0 Å². The molecule has 0 bridgehead atoms. The van der Waals surface area contributed by atoms with E-state index in [1.54, 1.807) is 29.5 Å². The average molecular weight is 399 g/mol. The number of carbonyl (C=O) groups is 1. The first-order valence-electron chi connectivity index (χ1n) is 9.10. The molecular formula is C17H21N9OS. The van der Waals surface area contributed by atoms with Crippen LogP contribution in [-0.2, 0) is 13.1 Å². The number of thiazole rings is 1. The van der Waals surface area contributed by atoms with Gasteiger partial charge in [0.15, 0.2) is 5.69 Å². The lowest BCUT2D eigenvalue weighted by Gasteiger charge is -2.26. The standard InChI is InChI=1S/C17H21N9OS/c27-16(15-11-26(24-23-15)8-7-25-5-3-18-4-6-25)21-9-13-12-28-17(22-13)14-10-19-1-2-20-14/h1-2,10-12,18H,3-9H2,(H,21,27). The van der Waals surface area contributed by atoms with Crippen molar-refractivity contribution < 1.29 is 4.79 Å². The average Bonchev–Trinajstić information content (AvgIpc) is 3.42. The molecule has 11 heteroatoms. The molecule has 0 atom stereocenters. The topological polar surface area (TPSA) is 114 Å². The third kappa shape index (κ3) is 4.74. The van der Waals surface area contributed by atoms with E-state index in [1.807, 2.05) is 5.38 Å². The summed E-state index contributed by atoms with van der Waals surface area (Å²) in [6, 6.07) is 0. The third-order valence-electron chi connectivity index (χ3n) is 4.39. The highest BCUT2D eigenvalue weighted by molar-refractivity contribution is 7.13. The monoisotopic (exact) mass is 399 g/mol. The third-order valence-corrected chi connectivity index (χ3v) is 5.30. The fourth-order valence-electron chi connectivity index (χ4n) is 2.87. The van der Waals surface area contributed by atoms with Gasteiger partial charge in [0.25, 0.3) is 5.91 Å². The minimum absolute atomic E-state index is 0.262. The summed E-state index contributed by atoms with van der Waals surface area (Å²) in [5, 5.41) is 16.9. The molecule has 1 amide bonds. The van der Waals surface area contributed by atoms with Gasteiger partial charge in [0.05, 0.1) is 31.2 Å². The minimum Gasteiger partial charge on any atom is -0.345 e. The number of rotatable bonds is 7. The lowest BCUT2D eigenvalue weighted by Crippen LogP contribution is -2.44. The summed E-state index contributed by atoms with van der Waals surface area (Å²) in [7, 11) is 0. The zero-order valence-corrected chi connectivity index (χ0v) is 16.1. The second-order valence-corrected chi connectivity index (χ2v) is 7.23. The van der Waals surface area contributed by atoms with Crippen LogP contribution >= 0.6 is 11.3 Å². The molecule has 146 valence electrons. The Labute approximate surface area is 166 Å². The van der Waals surface area contributed by atoms with Gasteiger partial charge in [0.2, 0.25) is 0 Å². The van der Waals surface area contributed by atoms with E-state index < -0.39 is 0 Å². The van der Waals surface area contributed by atoms with Gasteiger partial charge in [-0.3, -0.25) is 24.3 Å². The molecule has 4 rings (SSSR count). The van der Waals surface area contributed by atoms with Crippen LogP contribution in [0.25, 0.3) is 10.7 Å². The number of aromatic nitrogens is 6. The first kappa shape index (κ1) is 18.6. The second-order valence-electron chi connectivity index (χ2n) is 6.38. The number of carbonyl (C=O) groups excluding carboxylic acids is 1. The molecule has 4 heterocycles. The lowest BCUT2D eigenvalue weighted by molar-refractivity contribution is 0.0945. The molecule has 3 aromatic heterocycles. The van der Waals surface area contributed by atoms with E-state index in [0.29, 0.717) is 18.8 Å². The number of nitrogens with one attached hydrogen (secondary N) is 2. The predicted molar refractivity (Wildman–Crippen MR) is 104 cm³/mol. The summed E-state index contributed by atoms with van der Waals surface area (Å²) in [4.78, 5) is 27.4. The Balaban J connectivity index is 1.27. The summed E-state index contributed by atoms with van der Waals surface area (Å²) in [6.45, 7) is 6.03. The van der Waals surface area contributed by atoms with Crippen molar-refractivity contribution in [3.8, 4) is 10.7 Å². The van der Waals surface area contributed by atoms with Crippen molar-refractivity contribution >= 4 is 17.2 Å². The van der Waals surface area contributed by atoms with Gasteiger partial charge in [-0.05, 0) is 0 Å². The Morgan fingerprint density at radius 3 is 2.96 bits per heavy atom. The van der Waals surface area contributed by atoms with E-state index in [0.717, 1.165) is 49.1 Å². The maximum Gasteiger partial charge on any atom is 0.273 e. The van der Waals surface area contributed by atoms with Crippen LogP contribution < -0.4 is 10.6 Å². The Bertz CT molecular complexity index is 904. The number of piperazine rings is 1. The largest absolute Gasteiger partial charge is 0.345 e. The van der Waals surface area contributed by atoms with E-state index in [9.17, 15) is 4.79 Å². The molecule has 3 aromatic rings. The van der Waals surface area contributed by atoms with Crippen molar-refractivity contribution in [2.45, 2.75) is 13.1 Å². The van der Waals surface area contributed by atoms with Crippen LogP contribution in [0.2, 0.25) is 0 Å². The van der Waals surface area contributed by atoms with Crippen LogP contribution in [0.1, 0.15) is 16.2 Å². The summed E-state index contributed by atoms with van der Waals surface area (Å²) in [5.41, 5.74) is 1.80. The summed E-state index contributed by atoms with van der Waals surface area (Å²) < 4.78 is 1.71. The van der Waals surface area contributed by atoms with Gasteiger partial charge in [-0.1, -0.05) is 5.21 Å². The van der Waals surface area contributed by atoms with Gasteiger partial charge in [0, 0.05) is 50.5 Å². The first-order valence-corrected chi connectivity index (χ1v) is 9.98. The smallest absolute Gasteiger partial charge is 0.273 e. The summed E-state index contributed by atoms with van der Waals surface area (Å²) in [5.74, 6) is -0.262. The van der Waals surface area contributed by atoms with Crippen LogP contribution in [0, 0.1) is 0 Å². The fourth-order valence-corrected chi connectivity index (χ4v) is 3.65. The van der Waals surface area contributed by atoms with Gasteiger partial charge in [-0.25, -0.2) is 4.98 Å². The molecule has 28 heavy (non-hydrogen) atoms. The Kier molecular flexibility index (Phi) is 5.95. The van der Waals surface area contributed by atoms with Crippen LogP contribution in [0.15, 0.2) is 30.2 Å². The molecule has 10 nitrogen and oxygen atoms in total. The van der Waals surface area contributed by atoms with Gasteiger partial charge in [0.1, 0.15) is 10.7 Å². The highest BCUT2D eigenvalue weighted by Gasteiger charge is 2.14. The highest BCUT2D eigenvalue weighted by Crippen LogP contribution is 2.20. The lowest BCUT2D eigenvalue weighted by atomic mass is 10.3. The van der Waals surface area contributed by atoms with Crippen LogP contribution in [0.3, 0.4) is 0 Å². The van der Waals surface area contributed by atoms with Gasteiger partial charge in [-0.15, -0.1) is 16.4 Å². The van der Waals surface area contributed by atoms with Crippen molar-refractivity contribution in [3.63, 3.8) is 0 Å². The molecule has 0 unspecified atom stereocenters. The van der Waals surface area contributed by atoms with Crippen molar-refractivity contribution in [2.75, 3.05) is 32.7 Å². The van der Waals surface area contributed by atoms with E-state index in [2.05, 4.69) is 40.8 Å². The molecular weight excluding hydrogens is 378 g/mol. The SMILES string of the molecule is O=C(NCc1csc(-c2cnccn2)n1)c1cn(CCN2CCNCC2)nn1. The van der Waals surface area contributed by atoms with Crippen LogP contribution in [0.4, 0.5) is 0 Å². The molecule has 1 aliphatic rings. The quantitative estimate of drug-likeness (QED) is 0.572. The minimum atomic E-state index is -0.262. The molecule has 1 fully saturated rings. The van der Waals surface area contributed by atoms with E-state index in [-0.39, 0.29) is 5.91 Å². The zero-order chi connectivity index (χ0) is 19.2. The molecule has 1 aliphatic heterocycles. The van der Waals surface area contributed by atoms with E-state index >= 15 is 0 Å². The summed E-state index contributed by atoms with van der Waals surface area (Å²) in [6.07, 6.45) is 6.60. The molecule has 2 N–H and O–H groups in total. The maximum absolute atomic E-state index is 12.3. The normalized spacial score (nSPS) is 14.9. The number of hydrogen-bond donors (Lipinski definition) is 2. The number of amides is 1. The second kappa shape index (κ2) is 8.95. The van der Waals surface area contributed by atoms with Gasteiger partial charge >= 0.3 is 0 Å². The Hall–Kier alpha value is -2.76. The van der Waals surface area contributed by atoms with Crippen molar-refractivity contribution in [3.05, 3.63) is 41.6 Å². The van der Waals surface area contributed by atoms with Crippen molar-refractivity contribution in [1.82, 2.24) is 45.5 Å². The Morgan fingerprint density at radius 1 is 1.25 bits per heavy atom. The molecule has 0 radical (unpaired) electrons. The van der Waals surface area contributed by atoms with Crippen molar-refractivity contribution in [2.24, 2.45) is 0 Å². The van der Waals surface area contributed by atoms with E-state index in [4.69, 9.17) is 0 Å². The number of hydrogen-bond acceptors (Lipinski definition) is 9. The molecule has 0 aromatic carbocycles. The van der Waals surface area contributed by atoms with Crippen LogP contribution in [-0.4, -0.2) is 73.5 Å². The maximum atomic E-state index is 12.3. The zero-order valence-electron chi connectivity index (χ0n) is 15.3. The fraction of sp³-hybridized carbons (Fsp3) is 0.412. The van der Waals surface area contributed by atoms with Crippen LogP contribution in [0.5, 0.6) is 0 Å². The number of nitrogens with zero attached hydrogens (tertiary/aromatic N) is 7. The molecule has 1 saturated heterocycles. The Morgan fingerprint density at radius 2 is 2.14 bits per heavy atom.